The lowest BCUT2D eigenvalue weighted by molar-refractivity contribution is -0.137. The standard InChI is InChI=1S/C20H20F4N2O2/c21-17-2-1-3-18(14-17)28-13-12-25-8-10-26(11-9-25)19(27)15-4-6-16(7-5-15)20(22,23)24/h1-7,14H,8-13H2. The van der Waals surface area contributed by atoms with Gasteiger partial charge in [0.1, 0.15) is 18.2 Å². The Hall–Kier alpha value is -2.61. The maximum Gasteiger partial charge on any atom is 0.416 e. The van der Waals surface area contributed by atoms with Crippen molar-refractivity contribution in [2.24, 2.45) is 0 Å². The monoisotopic (exact) mass is 396 g/mol. The molecule has 1 aliphatic heterocycles. The lowest BCUT2D eigenvalue weighted by Gasteiger charge is -2.34. The normalized spacial score (nSPS) is 15.5. The van der Waals surface area contributed by atoms with E-state index in [1.807, 2.05) is 0 Å². The Morgan fingerprint density at radius 1 is 1.00 bits per heavy atom. The molecule has 0 atom stereocenters. The van der Waals surface area contributed by atoms with Crippen LogP contribution >= 0.6 is 0 Å². The van der Waals surface area contributed by atoms with Crippen LogP contribution in [0.15, 0.2) is 48.5 Å². The highest BCUT2D eigenvalue weighted by atomic mass is 19.4. The third-order valence-corrected chi connectivity index (χ3v) is 4.59. The first-order valence-corrected chi connectivity index (χ1v) is 8.90. The van der Waals surface area contributed by atoms with Gasteiger partial charge in [-0.05, 0) is 36.4 Å². The minimum atomic E-state index is -4.42. The molecular weight excluding hydrogens is 376 g/mol. The quantitative estimate of drug-likeness (QED) is 0.723. The van der Waals surface area contributed by atoms with Crippen LogP contribution in [0.3, 0.4) is 0 Å². The number of alkyl halides is 3. The summed E-state index contributed by atoms with van der Waals surface area (Å²) in [7, 11) is 0. The number of rotatable bonds is 5. The molecule has 2 aromatic carbocycles. The lowest BCUT2D eigenvalue weighted by Crippen LogP contribution is -2.49. The predicted molar refractivity (Wildman–Crippen MR) is 95.7 cm³/mol. The minimum Gasteiger partial charge on any atom is -0.492 e. The molecule has 0 bridgehead atoms. The zero-order chi connectivity index (χ0) is 20.1. The van der Waals surface area contributed by atoms with Crippen molar-refractivity contribution in [3.8, 4) is 5.75 Å². The van der Waals surface area contributed by atoms with Crippen LogP contribution < -0.4 is 4.74 Å². The van der Waals surface area contributed by atoms with E-state index in [1.54, 1.807) is 17.0 Å². The van der Waals surface area contributed by atoms with E-state index in [2.05, 4.69) is 4.90 Å². The Labute approximate surface area is 160 Å². The first-order chi connectivity index (χ1) is 13.3. The van der Waals surface area contributed by atoms with Crippen LogP contribution in [0.4, 0.5) is 17.6 Å². The summed E-state index contributed by atoms with van der Waals surface area (Å²) < 4.78 is 56.5. The largest absolute Gasteiger partial charge is 0.492 e. The first kappa shape index (κ1) is 20.1. The summed E-state index contributed by atoms with van der Waals surface area (Å²) in [5.74, 6) is -0.159. The fourth-order valence-corrected chi connectivity index (χ4v) is 3.01. The third-order valence-electron chi connectivity index (χ3n) is 4.59. The molecule has 2 aromatic rings. The number of piperazine rings is 1. The highest BCUT2D eigenvalue weighted by Gasteiger charge is 2.30. The van der Waals surface area contributed by atoms with Crippen LogP contribution in [0.2, 0.25) is 0 Å². The third kappa shape index (κ3) is 5.22. The summed E-state index contributed by atoms with van der Waals surface area (Å²) in [6, 6.07) is 10.2. The van der Waals surface area contributed by atoms with Gasteiger partial charge in [-0.1, -0.05) is 6.07 Å². The van der Waals surface area contributed by atoms with Gasteiger partial charge in [0, 0.05) is 44.4 Å². The van der Waals surface area contributed by atoms with E-state index in [9.17, 15) is 22.4 Å². The second kappa shape index (κ2) is 8.60. The minimum absolute atomic E-state index is 0.246. The highest BCUT2D eigenvalue weighted by Crippen LogP contribution is 2.29. The summed E-state index contributed by atoms with van der Waals surface area (Å²) in [6.07, 6.45) is -4.42. The molecule has 8 heteroatoms. The van der Waals surface area contributed by atoms with Gasteiger partial charge in [0.15, 0.2) is 0 Å². The van der Waals surface area contributed by atoms with Crippen molar-refractivity contribution >= 4 is 5.91 Å². The van der Waals surface area contributed by atoms with Crippen LogP contribution in [0.25, 0.3) is 0 Å². The van der Waals surface area contributed by atoms with Gasteiger partial charge < -0.3 is 9.64 Å². The maximum absolute atomic E-state index is 13.1. The number of hydrogen-bond acceptors (Lipinski definition) is 3. The summed E-state index contributed by atoms with van der Waals surface area (Å²) in [5, 5.41) is 0. The van der Waals surface area contributed by atoms with Gasteiger partial charge in [0.05, 0.1) is 5.56 Å². The molecule has 1 fully saturated rings. The number of benzene rings is 2. The summed E-state index contributed by atoms with van der Waals surface area (Å²) >= 11 is 0. The number of amides is 1. The van der Waals surface area contributed by atoms with E-state index >= 15 is 0 Å². The Morgan fingerprint density at radius 2 is 1.68 bits per heavy atom. The van der Waals surface area contributed by atoms with Crippen molar-refractivity contribution in [3.63, 3.8) is 0 Å². The molecular formula is C20H20F4N2O2. The molecule has 0 radical (unpaired) electrons. The molecule has 1 aliphatic rings. The zero-order valence-electron chi connectivity index (χ0n) is 15.1. The molecule has 4 nitrogen and oxygen atoms in total. The zero-order valence-corrected chi connectivity index (χ0v) is 15.1. The van der Waals surface area contributed by atoms with Crippen LogP contribution in [0.5, 0.6) is 5.75 Å². The first-order valence-electron chi connectivity index (χ1n) is 8.90. The number of carbonyl (C=O) groups excluding carboxylic acids is 1. The van der Waals surface area contributed by atoms with E-state index in [4.69, 9.17) is 4.74 Å². The number of halogens is 4. The number of ether oxygens (including phenoxy) is 1. The average Bonchev–Trinajstić information content (AvgIpc) is 2.67. The van der Waals surface area contributed by atoms with Gasteiger partial charge in [0.2, 0.25) is 0 Å². The molecule has 0 aliphatic carbocycles. The molecule has 1 amide bonds. The number of carbonyl (C=O) groups is 1. The van der Waals surface area contributed by atoms with Crippen LogP contribution in [0.1, 0.15) is 15.9 Å². The van der Waals surface area contributed by atoms with E-state index in [0.29, 0.717) is 45.1 Å². The Bertz CT molecular complexity index is 801. The molecule has 1 saturated heterocycles. The second-order valence-electron chi connectivity index (χ2n) is 6.51. The Balaban J connectivity index is 1.45. The van der Waals surface area contributed by atoms with Crippen molar-refractivity contribution in [1.29, 1.82) is 0 Å². The fourth-order valence-electron chi connectivity index (χ4n) is 3.01. The van der Waals surface area contributed by atoms with Crippen LogP contribution in [-0.4, -0.2) is 55.0 Å². The summed E-state index contributed by atoms with van der Waals surface area (Å²) in [5.41, 5.74) is -0.525. The van der Waals surface area contributed by atoms with E-state index < -0.39 is 11.7 Å². The van der Waals surface area contributed by atoms with Gasteiger partial charge in [0.25, 0.3) is 5.91 Å². The van der Waals surface area contributed by atoms with Crippen LogP contribution in [0, 0.1) is 5.82 Å². The molecule has 0 spiro atoms. The molecule has 0 N–H and O–H groups in total. The molecule has 0 saturated carbocycles. The van der Waals surface area contributed by atoms with Crippen LogP contribution in [-0.2, 0) is 6.18 Å². The highest BCUT2D eigenvalue weighted by molar-refractivity contribution is 5.94. The van der Waals surface area contributed by atoms with Gasteiger partial charge in [-0.15, -0.1) is 0 Å². The van der Waals surface area contributed by atoms with Gasteiger partial charge in [-0.3, -0.25) is 9.69 Å². The molecule has 28 heavy (non-hydrogen) atoms. The molecule has 0 aromatic heterocycles. The van der Waals surface area contributed by atoms with Crippen molar-refractivity contribution in [2.45, 2.75) is 6.18 Å². The van der Waals surface area contributed by atoms with Crippen molar-refractivity contribution in [3.05, 3.63) is 65.5 Å². The Kier molecular flexibility index (Phi) is 6.18. The Morgan fingerprint density at radius 3 is 2.29 bits per heavy atom. The average molecular weight is 396 g/mol. The molecule has 1 heterocycles. The van der Waals surface area contributed by atoms with E-state index in [1.165, 1.54) is 24.3 Å². The second-order valence-corrected chi connectivity index (χ2v) is 6.51. The van der Waals surface area contributed by atoms with Gasteiger partial charge in [-0.2, -0.15) is 13.2 Å². The van der Waals surface area contributed by atoms with Crippen molar-refractivity contribution in [2.75, 3.05) is 39.3 Å². The number of hydrogen-bond donors (Lipinski definition) is 0. The van der Waals surface area contributed by atoms with Crippen molar-refractivity contribution in [1.82, 2.24) is 9.80 Å². The lowest BCUT2D eigenvalue weighted by atomic mass is 10.1. The predicted octanol–water partition coefficient (Wildman–Crippen LogP) is 3.68. The molecule has 3 rings (SSSR count). The van der Waals surface area contributed by atoms with E-state index in [0.717, 1.165) is 12.1 Å². The summed E-state index contributed by atoms with van der Waals surface area (Å²) in [6.45, 7) is 3.28. The van der Waals surface area contributed by atoms with Crippen molar-refractivity contribution < 1.29 is 27.1 Å². The SMILES string of the molecule is O=C(c1ccc(C(F)(F)F)cc1)N1CCN(CCOc2cccc(F)c2)CC1. The van der Waals surface area contributed by atoms with E-state index in [-0.39, 0.29) is 17.3 Å². The fraction of sp³-hybridized carbons (Fsp3) is 0.350. The molecule has 0 unspecified atom stereocenters. The van der Waals surface area contributed by atoms with Gasteiger partial charge in [-0.25, -0.2) is 4.39 Å². The number of nitrogens with zero attached hydrogens (tertiary/aromatic N) is 2. The van der Waals surface area contributed by atoms with Gasteiger partial charge >= 0.3 is 6.18 Å². The smallest absolute Gasteiger partial charge is 0.416 e. The molecule has 150 valence electrons. The maximum atomic E-state index is 13.1. The topological polar surface area (TPSA) is 32.8 Å². The summed E-state index contributed by atoms with van der Waals surface area (Å²) in [4.78, 5) is 16.2.